The van der Waals surface area contributed by atoms with Gasteiger partial charge in [0.15, 0.2) is 5.78 Å². The maximum absolute atomic E-state index is 12.3. The number of pyridine rings is 1. The zero-order valence-electron chi connectivity index (χ0n) is 13.6. The molecule has 2 aromatic rings. The third-order valence-corrected chi connectivity index (χ3v) is 3.80. The minimum absolute atomic E-state index is 0.236. The summed E-state index contributed by atoms with van der Waals surface area (Å²) in [5, 5.41) is 18.5. The fourth-order valence-electron chi connectivity index (χ4n) is 2.34. The summed E-state index contributed by atoms with van der Waals surface area (Å²) in [4.78, 5) is 24.4. The SMILES string of the molecule is Cc1cc(O)c(C(=O)/C=C/c2cccc(CCC#N)c2)c(=O)n1C. The van der Waals surface area contributed by atoms with Crippen molar-refractivity contribution < 1.29 is 9.90 Å². The minimum Gasteiger partial charge on any atom is -0.507 e. The molecule has 0 aliphatic heterocycles. The summed E-state index contributed by atoms with van der Waals surface area (Å²) < 4.78 is 1.32. The molecule has 0 aliphatic carbocycles. The molecule has 0 amide bonds. The average molecular weight is 322 g/mol. The van der Waals surface area contributed by atoms with Crippen molar-refractivity contribution in [1.82, 2.24) is 4.57 Å². The number of carbonyl (C=O) groups is 1. The highest BCUT2D eigenvalue weighted by Gasteiger charge is 2.16. The van der Waals surface area contributed by atoms with Crippen LogP contribution in [0.25, 0.3) is 6.08 Å². The number of benzene rings is 1. The molecule has 0 aliphatic rings. The number of aryl methyl sites for hydroxylation is 2. The van der Waals surface area contributed by atoms with E-state index in [2.05, 4.69) is 6.07 Å². The molecule has 0 radical (unpaired) electrons. The predicted octanol–water partition coefficient (Wildman–Crippen LogP) is 2.75. The summed E-state index contributed by atoms with van der Waals surface area (Å²) in [6.07, 6.45) is 3.94. The monoisotopic (exact) mass is 322 g/mol. The summed E-state index contributed by atoms with van der Waals surface area (Å²) in [5.74, 6) is -0.858. The molecule has 1 N–H and O–H groups in total. The Balaban J connectivity index is 2.28. The number of carbonyl (C=O) groups excluding carboxylic acids is 1. The van der Waals surface area contributed by atoms with Crippen molar-refractivity contribution in [3.63, 3.8) is 0 Å². The van der Waals surface area contributed by atoms with Crippen molar-refractivity contribution in [3.05, 3.63) is 69.1 Å². The molecule has 24 heavy (non-hydrogen) atoms. The second kappa shape index (κ2) is 7.42. The Kier molecular flexibility index (Phi) is 5.33. The maximum Gasteiger partial charge on any atom is 0.265 e. The van der Waals surface area contributed by atoms with Crippen LogP contribution in [0.3, 0.4) is 0 Å². The summed E-state index contributed by atoms with van der Waals surface area (Å²) >= 11 is 0. The lowest BCUT2D eigenvalue weighted by atomic mass is 10.0. The molecule has 2 rings (SSSR count). The Morgan fingerprint density at radius 1 is 1.38 bits per heavy atom. The standard InChI is InChI=1S/C19H18N2O3/c1-13-11-17(23)18(19(24)21(13)2)16(22)9-8-15-6-3-5-14(12-15)7-4-10-20/h3,5-6,8-9,11-12,23H,4,7H2,1-2H3/b9-8+. The van der Waals surface area contributed by atoms with Gasteiger partial charge in [0.1, 0.15) is 11.3 Å². The average Bonchev–Trinajstić information content (AvgIpc) is 2.56. The van der Waals surface area contributed by atoms with E-state index < -0.39 is 11.3 Å². The van der Waals surface area contributed by atoms with Crippen LogP contribution in [0.15, 0.2) is 41.2 Å². The summed E-state index contributed by atoms with van der Waals surface area (Å²) in [6, 6.07) is 11.0. The number of rotatable bonds is 5. The van der Waals surface area contributed by atoms with Gasteiger partial charge in [-0.15, -0.1) is 0 Å². The number of aromatic nitrogens is 1. The van der Waals surface area contributed by atoms with E-state index in [-0.39, 0.29) is 11.3 Å². The van der Waals surface area contributed by atoms with Crippen LogP contribution in [0.2, 0.25) is 0 Å². The van der Waals surface area contributed by atoms with Gasteiger partial charge in [0, 0.05) is 25.2 Å². The van der Waals surface area contributed by atoms with Gasteiger partial charge in [-0.3, -0.25) is 9.59 Å². The van der Waals surface area contributed by atoms with E-state index in [4.69, 9.17) is 5.26 Å². The molecule has 0 bridgehead atoms. The second-order valence-corrected chi connectivity index (χ2v) is 5.51. The molecule has 0 unspecified atom stereocenters. The van der Waals surface area contributed by atoms with Crippen LogP contribution in [-0.2, 0) is 13.5 Å². The van der Waals surface area contributed by atoms with E-state index in [9.17, 15) is 14.7 Å². The number of nitriles is 1. The first kappa shape index (κ1) is 17.2. The molecule has 1 heterocycles. The van der Waals surface area contributed by atoms with E-state index >= 15 is 0 Å². The number of hydrogen-bond acceptors (Lipinski definition) is 4. The van der Waals surface area contributed by atoms with Gasteiger partial charge < -0.3 is 9.67 Å². The fraction of sp³-hybridized carbons (Fsp3) is 0.211. The third kappa shape index (κ3) is 3.79. The first-order valence-corrected chi connectivity index (χ1v) is 7.52. The van der Waals surface area contributed by atoms with Crippen molar-refractivity contribution in [1.29, 1.82) is 5.26 Å². The third-order valence-electron chi connectivity index (χ3n) is 3.80. The Hall–Kier alpha value is -3.13. The van der Waals surface area contributed by atoms with Crippen molar-refractivity contribution in [2.24, 2.45) is 7.05 Å². The van der Waals surface area contributed by atoms with Gasteiger partial charge in [-0.2, -0.15) is 5.26 Å². The highest BCUT2D eigenvalue weighted by molar-refractivity contribution is 6.08. The lowest BCUT2D eigenvalue weighted by Crippen LogP contribution is -2.25. The highest BCUT2D eigenvalue weighted by atomic mass is 16.3. The summed E-state index contributed by atoms with van der Waals surface area (Å²) in [7, 11) is 1.55. The molecule has 5 nitrogen and oxygen atoms in total. The number of nitrogens with zero attached hydrogens (tertiary/aromatic N) is 2. The zero-order chi connectivity index (χ0) is 17.7. The van der Waals surface area contributed by atoms with E-state index in [1.165, 1.54) is 16.7 Å². The Labute approximate surface area is 140 Å². The first-order chi connectivity index (χ1) is 11.4. The number of aromatic hydroxyl groups is 1. The molecule has 1 aromatic carbocycles. The van der Waals surface area contributed by atoms with Crippen molar-refractivity contribution in [2.45, 2.75) is 19.8 Å². The Morgan fingerprint density at radius 3 is 2.83 bits per heavy atom. The normalized spacial score (nSPS) is 10.7. The number of allylic oxidation sites excluding steroid dienone is 1. The molecule has 5 heteroatoms. The Morgan fingerprint density at radius 2 is 2.12 bits per heavy atom. The van der Waals surface area contributed by atoms with E-state index in [1.807, 2.05) is 24.3 Å². The largest absolute Gasteiger partial charge is 0.507 e. The van der Waals surface area contributed by atoms with Crippen LogP contribution < -0.4 is 5.56 Å². The fourth-order valence-corrected chi connectivity index (χ4v) is 2.34. The quantitative estimate of drug-likeness (QED) is 0.678. The van der Waals surface area contributed by atoms with Gasteiger partial charge in [0.25, 0.3) is 5.56 Å². The van der Waals surface area contributed by atoms with Crippen LogP contribution in [0, 0.1) is 18.3 Å². The lowest BCUT2D eigenvalue weighted by Gasteiger charge is -2.07. The highest BCUT2D eigenvalue weighted by Crippen LogP contribution is 2.16. The number of hydrogen-bond donors (Lipinski definition) is 1. The topological polar surface area (TPSA) is 83.1 Å². The lowest BCUT2D eigenvalue weighted by molar-refractivity contribution is 0.104. The van der Waals surface area contributed by atoms with Crippen molar-refractivity contribution in [2.75, 3.05) is 0 Å². The van der Waals surface area contributed by atoms with Gasteiger partial charge in [-0.05, 0) is 30.5 Å². The van der Waals surface area contributed by atoms with Gasteiger partial charge in [0.05, 0.1) is 6.07 Å². The van der Waals surface area contributed by atoms with E-state index in [0.29, 0.717) is 18.5 Å². The van der Waals surface area contributed by atoms with Crippen LogP contribution in [0.5, 0.6) is 5.75 Å². The van der Waals surface area contributed by atoms with Crippen molar-refractivity contribution in [3.8, 4) is 11.8 Å². The Bertz CT molecular complexity index is 902. The molecular weight excluding hydrogens is 304 g/mol. The molecule has 0 spiro atoms. The predicted molar refractivity (Wildman–Crippen MR) is 91.8 cm³/mol. The zero-order valence-corrected chi connectivity index (χ0v) is 13.6. The second-order valence-electron chi connectivity index (χ2n) is 5.51. The molecule has 0 atom stereocenters. The van der Waals surface area contributed by atoms with E-state index in [0.717, 1.165) is 11.1 Å². The van der Waals surface area contributed by atoms with Crippen LogP contribution in [0.4, 0.5) is 0 Å². The minimum atomic E-state index is -0.546. The van der Waals surface area contributed by atoms with Gasteiger partial charge >= 0.3 is 0 Å². The summed E-state index contributed by atoms with van der Waals surface area (Å²) in [6.45, 7) is 1.68. The van der Waals surface area contributed by atoms with E-state index in [1.54, 1.807) is 20.0 Å². The molecule has 1 aromatic heterocycles. The van der Waals surface area contributed by atoms with Gasteiger partial charge in [-0.1, -0.05) is 30.3 Å². The molecule has 0 saturated heterocycles. The molecular formula is C19H18N2O3. The molecule has 0 fully saturated rings. The van der Waals surface area contributed by atoms with Crippen molar-refractivity contribution >= 4 is 11.9 Å². The number of ketones is 1. The van der Waals surface area contributed by atoms with Crippen LogP contribution >= 0.6 is 0 Å². The summed E-state index contributed by atoms with van der Waals surface area (Å²) in [5.41, 5.74) is 1.61. The molecule has 0 saturated carbocycles. The molecule has 122 valence electrons. The smallest absolute Gasteiger partial charge is 0.265 e. The maximum atomic E-state index is 12.3. The van der Waals surface area contributed by atoms with Crippen LogP contribution in [-0.4, -0.2) is 15.5 Å². The van der Waals surface area contributed by atoms with Crippen LogP contribution in [0.1, 0.15) is 33.6 Å². The van der Waals surface area contributed by atoms with Gasteiger partial charge in [-0.25, -0.2) is 0 Å². The first-order valence-electron chi connectivity index (χ1n) is 7.52. The van der Waals surface area contributed by atoms with Gasteiger partial charge in [0.2, 0.25) is 0 Å².